The molecule has 0 bridgehead atoms. The fraction of sp³-hybridized carbons (Fsp3) is 0.333. The molecule has 0 fully saturated rings. The van der Waals surface area contributed by atoms with E-state index in [9.17, 15) is 0 Å². The van der Waals surface area contributed by atoms with Gasteiger partial charge in [-0.1, -0.05) is 47.1 Å². The smallest absolute Gasteiger partial charge is 0.0426 e. The summed E-state index contributed by atoms with van der Waals surface area (Å²) in [6.07, 6.45) is 0. The van der Waals surface area contributed by atoms with E-state index in [2.05, 4.69) is 95.6 Å². The van der Waals surface area contributed by atoms with Gasteiger partial charge >= 0.3 is 0 Å². The van der Waals surface area contributed by atoms with E-state index in [1.54, 1.807) is 0 Å². The Kier molecular flexibility index (Phi) is 5.83. The third kappa shape index (κ3) is 4.58. The molecule has 0 radical (unpaired) electrons. The molecule has 2 aromatic rings. The average Bonchev–Trinajstić information content (AvgIpc) is 2.47. The number of hydrogen-bond donors (Lipinski definition) is 1. The second-order valence-electron chi connectivity index (χ2n) is 5.36. The van der Waals surface area contributed by atoms with Crippen LogP contribution in [0.5, 0.6) is 0 Å². The van der Waals surface area contributed by atoms with Gasteiger partial charge in [0.1, 0.15) is 0 Å². The summed E-state index contributed by atoms with van der Waals surface area (Å²) in [6.45, 7) is 6.23. The topological polar surface area (TPSA) is 15.3 Å². The fourth-order valence-electron chi connectivity index (χ4n) is 2.44. The second-order valence-corrected chi connectivity index (χ2v) is 6.27. The number of nitrogens with one attached hydrogen (secondary N) is 1. The number of hydrogen-bond acceptors (Lipinski definition) is 2. The van der Waals surface area contributed by atoms with Crippen LogP contribution in [0.4, 0.5) is 5.69 Å². The number of nitrogens with zero attached hydrogens (tertiary/aromatic N) is 1. The Hall–Kier alpha value is -1.32. The molecule has 21 heavy (non-hydrogen) atoms. The van der Waals surface area contributed by atoms with Gasteiger partial charge in [-0.3, -0.25) is 0 Å². The van der Waals surface area contributed by atoms with Crippen LogP contribution in [-0.2, 0) is 6.54 Å². The van der Waals surface area contributed by atoms with Crippen molar-refractivity contribution in [3.63, 3.8) is 0 Å². The average molecular weight is 347 g/mol. The van der Waals surface area contributed by atoms with Crippen LogP contribution in [-0.4, -0.2) is 13.6 Å². The zero-order valence-corrected chi connectivity index (χ0v) is 14.5. The summed E-state index contributed by atoms with van der Waals surface area (Å²) in [6, 6.07) is 17.7. The van der Waals surface area contributed by atoms with Crippen LogP contribution >= 0.6 is 15.9 Å². The van der Waals surface area contributed by atoms with Crippen LogP contribution in [0.15, 0.2) is 53.0 Å². The molecule has 3 heteroatoms. The van der Waals surface area contributed by atoms with Crippen molar-refractivity contribution in [1.82, 2.24) is 5.32 Å². The Morgan fingerprint density at radius 1 is 1.14 bits per heavy atom. The van der Waals surface area contributed by atoms with Crippen molar-refractivity contribution in [2.75, 3.05) is 18.5 Å². The van der Waals surface area contributed by atoms with E-state index >= 15 is 0 Å². The predicted molar refractivity (Wildman–Crippen MR) is 94.8 cm³/mol. The van der Waals surface area contributed by atoms with Gasteiger partial charge in [-0.2, -0.15) is 0 Å². The van der Waals surface area contributed by atoms with E-state index in [4.69, 9.17) is 0 Å². The Labute approximate surface area is 136 Å². The van der Waals surface area contributed by atoms with Crippen molar-refractivity contribution in [2.24, 2.45) is 0 Å². The first-order valence-corrected chi connectivity index (χ1v) is 8.18. The zero-order chi connectivity index (χ0) is 15.2. The molecule has 0 saturated heterocycles. The third-order valence-electron chi connectivity index (χ3n) is 3.65. The monoisotopic (exact) mass is 346 g/mol. The van der Waals surface area contributed by atoms with Crippen LogP contribution in [0.1, 0.15) is 31.0 Å². The van der Waals surface area contributed by atoms with Crippen LogP contribution < -0.4 is 10.2 Å². The van der Waals surface area contributed by atoms with Gasteiger partial charge < -0.3 is 10.2 Å². The van der Waals surface area contributed by atoms with E-state index in [-0.39, 0.29) is 0 Å². The molecule has 2 rings (SSSR count). The number of anilines is 1. The first-order chi connectivity index (χ1) is 10.1. The van der Waals surface area contributed by atoms with Gasteiger partial charge in [0, 0.05) is 29.8 Å². The molecule has 0 aliphatic carbocycles. The molecule has 0 aliphatic heterocycles. The molecular formula is C18H23BrN2. The van der Waals surface area contributed by atoms with Crippen molar-refractivity contribution in [3.8, 4) is 0 Å². The van der Waals surface area contributed by atoms with Gasteiger partial charge in [0.2, 0.25) is 0 Å². The molecule has 1 N–H and O–H groups in total. The summed E-state index contributed by atoms with van der Waals surface area (Å²) in [7, 11) is 2.13. The van der Waals surface area contributed by atoms with E-state index in [0.29, 0.717) is 6.04 Å². The molecule has 0 amide bonds. The molecule has 1 atom stereocenters. The summed E-state index contributed by atoms with van der Waals surface area (Å²) >= 11 is 3.52. The minimum Gasteiger partial charge on any atom is -0.370 e. The maximum Gasteiger partial charge on any atom is 0.0426 e. The summed E-state index contributed by atoms with van der Waals surface area (Å²) in [4.78, 5) is 2.27. The van der Waals surface area contributed by atoms with Crippen molar-refractivity contribution < 1.29 is 0 Å². The fourth-order valence-corrected chi connectivity index (χ4v) is 2.89. The third-order valence-corrected chi connectivity index (χ3v) is 4.15. The molecule has 0 heterocycles. The van der Waals surface area contributed by atoms with E-state index in [1.165, 1.54) is 16.8 Å². The zero-order valence-electron chi connectivity index (χ0n) is 12.9. The lowest BCUT2D eigenvalue weighted by Gasteiger charge is -2.21. The van der Waals surface area contributed by atoms with Crippen molar-refractivity contribution in [2.45, 2.75) is 26.4 Å². The Bertz CT molecular complexity index is 566. The molecular weight excluding hydrogens is 324 g/mol. The molecule has 0 spiro atoms. The molecule has 0 aromatic heterocycles. The number of halogens is 1. The molecule has 0 aliphatic rings. The van der Waals surface area contributed by atoms with Gasteiger partial charge in [0.15, 0.2) is 0 Å². The van der Waals surface area contributed by atoms with E-state index < -0.39 is 0 Å². The number of benzene rings is 2. The highest BCUT2D eigenvalue weighted by molar-refractivity contribution is 9.10. The SMILES string of the molecule is CCNC(C)c1ccc(N(C)Cc2cccc(Br)c2)cc1. The predicted octanol–water partition coefficient (Wildman–Crippen LogP) is 4.76. The standard InChI is InChI=1S/C18H23BrN2/c1-4-20-14(2)16-8-10-18(11-9-16)21(3)13-15-6-5-7-17(19)12-15/h5-12,14,20H,4,13H2,1-3H3. The molecule has 2 nitrogen and oxygen atoms in total. The van der Waals surface area contributed by atoms with Crippen LogP contribution in [0.25, 0.3) is 0 Å². The lowest BCUT2D eigenvalue weighted by molar-refractivity contribution is 0.598. The summed E-state index contributed by atoms with van der Waals surface area (Å²) in [5.41, 5.74) is 3.87. The Balaban J connectivity index is 2.04. The van der Waals surface area contributed by atoms with Gasteiger partial charge in [-0.05, 0) is 48.9 Å². The lowest BCUT2D eigenvalue weighted by Crippen LogP contribution is -2.18. The normalized spacial score (nSPS) is 12.2. The highest BCUT2D eigenvalue weighted by atomic mass is 79.9. The largest absolute Gasteiger partial charge is 0.370 e. The summed E-state index contributed by atoms with van der Waals surface area (Å²) in [5, 5.41) is 3.44. The lowest BCUT2D eigenvalue weighted by atomic mass is 10.1. The molecule has 1 unspecified atom stereocenters. The second kappa shape index (κ2) is 7.62. The minimum atomic E-state index is 0.402. The van der Waals surface area contributed by atoms with E-state index in [1.807, 2.05) is 0 Å². The quantitative estimate of drug-likeness (QED) is 0.811. The van der Waals surface area contributed by atoms with E-state index in [0.717, 1.165) is 17.6 Å². The summed E-state index contributed by atoms with van der Waals surface area (Å²) in [5.74, 6) is 0. The van der Waals surface area contributed by atoms with Crippen LogP contribution in [0.3, 0.4) is 0 Å². The minimum absolute atomic E-state index is 0.402. The maximum atomic E-state index is 3.52. The first kappa shape index (κ1) is 16.1. The highest BCUT2D eigenvalue weighted by Crippen LogP contribution is 2.20. The van der Waals surface area contributed by atoms with Crippen molar-refractivity contribution >= 4 is 21.6 Å². The molecule has 112 valence electrons. The maximum absolute atomic E-state index is 3.52. The molecule has 0 saturated carbocycles. The Morgan fingerprint density at radius 3 is 2.48 bits per heavy atom. The van der Waals surface area contributed by atoms with Gasteiger partial charge in [0.05, 0.1) is 0 Å². The molecule has 2 aromatic carbocycles. The van der Waals surface area contributed by atoms with Gasteiger partial charge in [0.25, 0.3) is 0 Å². The van der Waals surface area contributed by atoms with Crippen LogP contribution in [0, 0.1) is 0 Å². The summed E-state index contributed by atoms with van der Waals surface area (Å²) < 4.78 is 1.13. The van der Waals surface area contributed by atoms with Gasteiger partial charge in [-0.15, -0.1) is 0 Å². The Morgan fingerprint density at radius 2 is 1.86 bits per heavy atom. The van der Waals surface area contributed by atoms with Crippen LogP contribution in [0.2, 0.25) is 0 Å². The number of rotatable bonds is 6. The highest BCUT2D eigenvalue weighted by Gasteiger charge is 2.06. The first-order valence-electron chi connectivity index (χ1n) is 7.39. The van der Waals surface area contributed by atoms with Crippen molar-refractivity contribution in [3.05, 3.63) is 64.1 Å². The van der Waals surface area contributed by atoms with Crippen molar-refractivity contribution in [1.29, 1.82) is 0 Å². The van der Waals surface area contributed by atoms with Gasteiger partial charge in [-0.25, -0.2) is 0 Å².